The van der Waals surface area contributed by atoms with Crippen LogP contribution in [0.5, 0.6) is 5.75 Å². The van der Waals surface area contributed by atoms with Gasteiger partial charge in [-0.25, -0.2) is 4.79 Å². The molecule has 3 aromatic rings. The summed E-state index contributed by atoms with van der Waals surface area (Å²) in [4.78, 5) is 42.6. The normalized spacial score (nSPS) is 21.6. The number of rotatable bonds is 4. The summed E-state index contributed by atoms with van der Waals surface area (Å²) in [5.74, 6) is -0.224. The van der Waals surface area contributed by atoms with Crippen molar-refractivity contribution in [1.82, 2.24) is 10.2 Å². The molecule has 172 valence electrons. The summed E-state index contributed by atoms with van der Waals surface area (Å²) in [7, 11) is 0. The van der Waals surface area contributed by atoms with Gasteiger partial charge in [0, 0.05) is 0 Å². The average molecular weight is 456 g/mol. The molecule has 2 heterocycles. The fourth-order valence-electron chi connectivity index (χ4n) is 4.55. The Balaban J connectivity index is 1.45. The first-order valence-corrected chi connectivity index (χ1v) is 11.2. The summed E-state index contributed by atoms with van der Waals surface area (Å²) in [5, 5.41) is 2.78. The van der Waals surface area contributed by atoms with Gasteiger partial charge in [0.2, 0.25) is 5.91 Å². The van der Waals surface area contributed by atoms with Crippen LogP contribution in [0.25, 0.3) is 0 Å². The van der Waals surface area contributed by atoms with Crippen molar-refractivity contribution in [3.8, 4) is 5.75 Å². The van der Waals surface area contributed by atoms with Crippen LogP contribution in [-0.2, 0) is 15.1 Å². The van der Waals surface area contributed by atoms with Crippen molar-refractivity contribution in [3.63, 3.8) is 0 Å². The van der Waals surface area contributed by atoms with Gasteiger partial charge in [0.1, 0.15) is 24.4 Å². The zero-order valence-corrected chi connectivity index (χ0v) is 19.0. The molecule has 3 aromatic carbocycles. The monoisotopic (exact) mass is 455 g/mol. The minimum Gasteiger partial charge on any atom is -0.489 e. The molecule has 4 amide bonds. The second-order valence-electron chi connectivity index (χ2n) is 8.78. The Morgan fingerprint density at radius 2 is 1.68 bits per heavy atom. The number of fused-ring (bicyclic) bond motifs is 1. The summed E-state index contributed by atoms with van der Waals surface area (Å²) in [6, 6.07) is 23.3. The number of nitrogens with one attached hydrogen (secondary N) is 1. The van der Waals surface area contributed by atoms with Crippen molar-refractivity contribution in [2.45, 2.75) is 25.4 Å². The van der Waals surface area contributed by atoms with Crippen LogP contribution < -0.4 is 15.0 Å². The number of ether oxygens (including phenoxy) is 1. The number of para-hydroxylation sites is 2. The van der Waals surface area contributed by atoms with Crippen molar-refractivity contribution in [1.29, 1.82) is 0 Å². The highest BCUT2D eigenvalue weighted by molar-refractivity contribution is 6.11. The molecule has 0 aliphatic carbocycles. The maximum absolute atomic E-state index is 13.7. The van der Waals surface area contributed by atoms with E-state index in [4.69, 9.17) is 4.74 Å². The van der Waals surface area contributed by atoms with Crippen LogP contribution in [0.1, 0.15) is 29.7 Å². The van der Waals surface area contributed by atoms with Crippen molar-refractivity contribution in [2.75, 3.05) is 18.1 Å². The predicted molar refractivity (Wildman–Crippen MR) is 127 cm³/mol. The maximum atomic E-state index is 13.7. The molecule has 34 heavy (non-hydrogen) atoms. The number of hydrogen-bond acceptors (Lipinski definition) is 4. The first-order chi connectivity index (χ1) is 16.4. The standard InChI is InChI=1S/C27H25N3O4/c1-18-12-14-20(15-13-18)27(2)25(32)29(26(33)28-27)16-24(31)30-21-10-6-7-11-23(21)34-17-22(30)19-8-4-3-5-9-19/h3-15,22H,16-17H2,1-2H3,(H,28,33)/t22-,27-/m1/s1. The van der Waals surface area contributed by atoms with Crippen LogP contribution in [0.3, 0.4) is 0 Å². The molecule has 0 saturated carbocycles. The van der Waals surface area contributed by atoms with Crippen LogP contribution in [0.15, 0.2) is 78.9 Å². The van der Waals surface area contributed by atoms with E-state index in [-0.39, 0.29) is 25.1 Å². The molecule has 2 aliphatic rings. The Labute approximate surface area is 197 Å². The number of hydrogen-bond donors (Lipinski definition) is 1. The molecular formula is C27H25N3O4. The van der Waals surface area contributed by atoms with E-state index in [1.807, 2.05) is 79.7 Å². The number of carbonyl (C=O) groups excluding carboxylic acids is 3. The van der Waals surface area contributed by atoms with E-state index in [1.54, 1.807) is 17.9 Å². The van der Waals surface area contributed by atoms with Crippen LogP contribution in [0.4, 0.5) is 10.5 Å². The van der Waals surface area contributed by atoms with Crippen molar-refractivity contribution < 1.29 is 19.1 Å². The topological polar surface area (TPSA) is 79.0 Å². The number of urea groups is 1. The highest BCUT2D eigenvalue weighted by Crippen LogP contribution is 2.39. The average Bonchev–Trinajstić information content (AvgIpc) is 3.07. The quantitative estimate of drug-likeness (QED) is 0.605. The predicted octanol–water partition coefficient (Wildman–Crippen LogP) is 3.93. The van der Waals surface area contributed by atoms with Gasteiger partial charge in [-0.1, -0.05) is 72.3 Å². The second kappa shape index (κ2) is 8.33. The van der Waals surface area contributed by atoms with Crippen LogP contribution in [0.2, 0.25) is 0 Å². The van der Waals surface area contributed by atoms with Gasteiger partial charge in [-0.3, -0.25) is 19.4 Å². The SMILES string of the molecule is Cc1ccc([C@@]2(C)NC(=O)N(CC(=O)N3c4ccccc4OC[C@@H]3c3ccccc3)C2=O)cc1. The highest BCUT2D eigenvalue weighted by atomic mass is 16.5. The molecule has 0 radical (unpaired) electrons. The van der Waals surface area contributed by atoms with E-state index < -0.39 is 17.5 Å². The van der Waals surface area contributed by atoms with Gasteiger partial charge in [0.25, 0.3) is 5.91 Å². The lowest BCUT2D eigenvalue weighted by Crippen LogP contribution is -2.48. The number of imide groups is 1. The van der Waals surface area contributed by atoms with Gasteiger partial charge in [-0.2, -0.15) is 0 Å². The number of benzene rings is 3. The van der Waals surface area contributed by atoms with Gasteiger partial charge < -0.3 is 10.1 Å². The first kappa shape index (κ1) is 21.7. The lowest BCUT2D eigenvalue weighted by atomic mass is 9.91. The third-order valence-corrected chi connectivity index (χ3v) is 6.48. The zero-order chi connectivity index (χ0) is 23.9. The molecule has 0 bridgehead atoms. The number of nitrogens with zero attached hydrogens (tertiary/aromatic N) is 2. The van der Waals surface area contributed by atoms with Crippen LogP contribution >= 0.6 is 0 Å². The second-order valence-corrected chi connectivity index (χ2v) is 8.78. The molecule has 1 N–H and O–H groups in total. The van der Waals surface area contributed by atoms with Crippen LogP contribution in [-0.4, -0.2) is 35.9 Å². The summed E-state index contributed by atoms with van der Waals surface area (Å²) in [6.45, 7) is 3.52. The number of anilines is 1. The maximum Gasteiger partial charge on any atom is 0.325 e. The summed E-state index contributed by atoms with van der Waals surface area (Å²) >= 11 is 0. The van der Waals surface area contributed by atoms with Crippen molar-refractivity contribution in [3.05, 3.63) is 95.6 Å². The largest absolute Gasteiger partial charge is 0.489 e. The lowest BCUT2D eigenvalue weighted by Gasteiger charge is -2.37. The first-order valence-electron chi connectivity index (χ1n) is 11.2. The number of carbonyl (C=O) groups is 3. The highest BCUT2D eigenvalue weighted by Gasteiger charge is 2.50. The number of amides is 4. The molecule has 0 aromatic heterocycles. The van der Waals surface area contributed by atoms with Crippen LogP contribution in [0, 0.1) is 6.92 Å². The van der Waals surface area contributed by atoms with E-state index in [0.29, 0.717) is 17.0 Å². The summed E-state index contributed by atoms with van der Waals surface area (Å²) in [6.07, 6.45) is 0. The molecule has 0 spiro atoms. The smallest absolute Gasteiger partial charge is 0.325 e. The minimum absolute atomic E-state index is 0.272. The van der Waals surface area contributed by atoms with E-state index in [1.165, 1.54) is 0 Å². The lowest BCUT2D eigenvalue weighted by molar-refractivity contribution is -0.134. The van der Waals surface area contributed by atoms with E-state index in [9.17, 15) is 14.4 Å². The molecule has 2 aliphatic heterocycles. The van der Waals surface area contributed by atoms with E-state index in [0.717, 1.165) is 16.0 Å². The van der Waals surface area contributed by atoms with Gasteiger partial charge in [-0.05, 0) is 37.1 Å². The van der Waals surface area contributed by atoms with Gasteiger partial charge in [0.05, 0.1) is 11.7 Å². The molecule has 7 nitrogen and oxygen atoms in total. The van der Waals surface area contributed by atoms with Gasteiger partial charge >= 0.3 is 6.03 Å². The van der Waals surface area contributed by atoms with Gasteiger partial charge in [-0.15, -0.1) is 0 Å². The van der Waals surface area contributed by atoms with Gasteiger partial charge in [0.15, 0.2) is 0 Å². The molecule has 0 unspecified atom stereocenters. The summed E-state index contributed by atoms with van der Waals surface area (Å²) < 4.78 is 5.93. The molecular weight excluding hydrogens is 430 g/mol. The third-order valence-electron chi connectivity index (χ3n) is 6.48. The Morgan fingerprint density at radius 1 is 1.00 bits per heavy atom. The Hall–Kier alpha value is -4.13. The molecule has 1 saturated heterocycles. The van der Waals surface area contributed by atoms with Crippen molar-refractivity contribution >= 4 is 23.5 Å². The Bertz CT molecular complexity index is 1260. The zero-order valence-electron chi connectivity index (χ0n) is 19.0. The molecule has 5 rings (SSSR count). The Morgan fingerprint density at radius 3 is 2.41 bits per heavy atom. The fourth-order valence-corrected chi connectivity index (χ4v) is 4.55. The molecule has 2 atom stereocenters. The fraction of sp³-hybridized carbons (Fsp3) is 0.222. The van der Waals surface area contributed by atoms with E-state index >= 15 is 0 Å². The minimum atomic E-state index is -1.23. The Kier molecular flexibility index (Phi) is 5.32. The molecule has 1 fully saturated rings. The molecule has 7 heteroatoms. The third kappa shape index (κ3) is 3.59. The summed E-state index contributed by atoms with van der Waals surface area (Å²) in [5.41, 5.74) is 2.01. The number of aryl methyl sites for hydroxylation is 1. The van der Waals surface area contributed by atoms with E-state index in [2.05, 4.69) is 5.32 Å². The van der Waals surface area contributed by atoms with Crippen molar-refractivity contribution in [2.24, 2.45) is 0 Å².